The van der Waals surface area contributed by atoms with E-state index in [1.807, 2.05) is 25.1 Å². The zero-order valence-electron chi connectivity index (χ0n) is 15.0. The fourth-order valence-electron chi connectivity index (χ4n) is 3.75. The number of nitrogens with zero attached hydrogens (tertiary/aromatic N) is 2. The van der Waals surface area contributed by atoms with E-state index in [9.17, 15) is 4.79 Å². The Morgan fingerprint density at radius 1 is 1.36 bits per heavy atom. The number of esters is 1. The lowest BCUT2D eigenvalue weighted by Gasteiger charge is -2.41. The molecule has 134 valence electrons. The number of likely N-dealkylation sites (tertiary alicyclic amines) is 1. The molecule has 0 spiro atoms. The highest BCUT2D eigenvalue weighted by molar-refractivity contribution is 5.78. The summed E-state index contributed by atoms with van der Waals surface area (Å²) in [6, 6.07) is 10.2. The zero-order valence-corrected chi connectivity index (χ0v) is 15.0. The van der Waals surface area contributed by atoms with E-state index in [1.165, 1.54) is 11.1 Å². The summed E-state index contributed by atoms with van der Waals surface area (Å²) in [5, 5.41) is 4.00. The number of carbonyl (C=O) groups is 1. The number of rotatable bonds is 6. The van der Waals surface area contributed by atoms with Gasteiger partial charge in [-0.2, -0.15) is 0 Å². The molecule has 1 aliphatic rings. The molecule has 5 heteroatoms. The first-order chi connectivity index (χ1) is 12.1. The van der Waals surface area contributed by atoms with Gasteiger partial charge < -0.3 is 9.26 Å². The van der Waals surface area contributed by atoms with Crippen molar-refractivity contribution in [1.29, 1.82) is 0 Å². The van der Waals surface area contributed by atoms with Crippen molar-refractivity contribution in [3.8, 4) is 0 Å². The van der Waals surface area contributed by atoms with Crippen LogP contribution < -0.4 is 0 Å². The minimum Gasteiger partial charge on any atom is -0.466 e. The molecule has 2 heterocycles. The second kappa shape index (κ2) is 7.83. The van der Waals surface area contributed by atoms with E-state index in [0.29, 0.717) is 26.1 Å². The topological polar surface area (TPSA) is 55.6 Å². The minimum atomic E-state index is -0.496. The molecule has 0 amide bonds. The predicted octanol–water partition coefficient (Wildman–Crippen LogP) is 3.37. The molecular weight excluding hydrogens is 316 g/mol. The third-order valence-electron chi connectivity index (χ3n) is 5.03. The lowest BCUT2D eigenvalue weighted by Crippen LogP contribution is -2.49. The third-order valence-corrected chi connectivity index (χ3v) is 5.03. The van der Waals surface area contributed by atoms with Gasteiger partial charge in [-0.3, -0.25) is 9.69 Å². The van der Waals surface area contributed by atoms with Crippen LogP contribution in [0.25, 0.3) is 0 Å². The Morgan fingerprint density at radius 3 is 2.92 bits per heavy atom. The molecule has 1 atom stereocenters. The highest BCUT2D eigenvalue weighted by Gasteiger charge is 2.43. The summed E-state index contributed by atoms with van der Waals surface area (Å²) >= 11 is 0. The fraction of sp³-hybridized carbons (Fsp3) is 0.500. The molecule has 1 fully saturated rings. The van der Waals surface area contributed by atoms with Gasteiger partial charge in [0.2, 0.25) is 0 Å². The molecule has 0 bridgehead atoms. The van der Waals surface area contributed by atoms with Crippen LogP contribution in [0.4, 0.5) is 0 Å². The number of benzene rings is 1. The van der Waals surface area contributed by atoms with E-state index in [-0.39, 0.29) is 5.97 Å². The summed E-state index contributed by atoms with van der Waals surface area (Å²) in [7, 11) is 0. The molecule has 1 aromatic carbocycles. The summed E-state index contributed by atoms with van der Waals surface area (Å²) in [5.41, 5.74) is 2.85. The summed E-state index contributed by atoms with van der Waals surface area (Å²) in [4.78, 5) is 15.2. The molecule has 1 aromatic heterocycles. The Balaban J connectivity index is 1.83. The highest BCUT2D eigenvalue weighted by atomic mass is 16.5. The molecule has 0 unspecified atom stereocenters. The van der Waals surface area contributed by atoms with Crippen molar-refractivity contribution in [2.75, 3.05) is 19.7 Å². The first kappa shape index (κ1) is 17.7. The van der Waals surface area contributed by atoms with Crippen LogP contribution in [0.15, 0.2) is 41.1 Å². The molecule has 1 aliphatic heterocycles. The van der Waals surface area contributed by atoms with Crippen LogP contribution in [0.1, 0.15) is 36.6 Å². The minimum absolute atomic E-state index is 0.0805. The third kappa shape index (κ3) is 4.10. The van der Waals surface area contributed by atoms with Crippen LogP contribution in [0, 0.1) is 12.3 Å². The van der Waals surface area contributed by atoms with Crippen molar-refractivity contribution in [1.82, 2.24) is 10.1 Å². The van der Waals surface area contributed by atoms with Crippen molar-refractivity contribution < 1.29 is 14.1 Å². The number of aryl methyl sites for hydroxylation is 1. The second-order valence-corrected chi connectivity index (χ2v) is 6.91. The van der Waals surface area contributed by atoms with Crippen molar-refractivity contribution in [2.24, 2.45) is 5.41 Å². The van der Waals surface area contributed by atoms with E-state index < -0.39 is 5.41 Å². The van der Waals surface area contributed by atoms with Gasteiger partial charge in [0, 0.05) is 19.2 Å². The SMILES string of the molecule is CCOC(=O)[C@]1(Cc2ccccc2C)CCCN(Cc2ccon2)C1. The Bertz CT molecular complexity index is 699. The highest BCUT2D eigenvalue weighted by Crippen LogP contribution is 2.36. The van der Waals surface area contributed by atoms with Gasteiger partial charge in [0.05, 0.1) is 17.7 Å². The average molecular weight is 342 g/mol. The van der Waals surface area contributed by atoms with Crippen LogP contribution in [0.5, 0.6) is 0 Å². The van der Waals surface area contributed by atoms with Crippen LogP contribution in [0.2, 0.25) is 0 Å². The first-order valence-electron chi connectivity index (χ1n) is 8.96. The van der Waals surface area contributed by atoms with Gasteiger partial charge in [0.15, 0.2) is 0 Å². The normalized spacial score (nSPS) is 21.2. The number of carbonyl (C=O) groups excluding carboxylic acids is 1. The van der Waals surface area contributed by atoms with E-state index in [1.54, 1.807) is 6.26 Å². The molecule has 0 radical (unpaired) electrons. The number of hydrogen-bond donors (Lipinski definition) is 0. The zero-order chi connectivity index (χ0) is 17.7. The number of aromatic nitrogens is 1. The fourth-order valence-corrected chi connectivity index (χ4v) is 3.75. The quantitative estimate of drug-likeness (QED) is 0.753. The van der Waals surface area contributed by atoms with Gasteiger partial charge in [-0.25, -0.2) is 0 Å². The van der Waals surface area contributed by atoms with Crippen molar-refractivity contribution in [3.63, 3.8) is 0 Å². The van der Waals surface area contributed by atoms with Gasteiger partial charge in [0.25, 0.3) is 0 Å². The molecule has 1 saturated heterocycles. The van der Waals surface area contributed by atoms with Crippen molar-refractivity contribution in [3.05, 3.63) is 53.4 Å². The summed E-state index contributed by atoms with van der Waals surface area (Å²) < 4.78 is 10.4. The maximum atomic E-state index is 12.9. The number of piperidine rings is 1. The Hall–Kier alpha value is -2.14. The van der Waals surface area contributed by atoms with Crippen molar-refractivity contribution >= 4 is 5.97 Å². The molecular formula is C20H26N2O3. The summed E-state index contributed by atoms with van der Waals surface area (Å²) in [6.45, 7) is 6.73. The van der Waals surface area contributed by atoms with Gasteiger partial charge in [-0.1, -0.05) is 29.4 Å². The largest absolute Gasteiger partial charge is 0.466 e. The second-order valence-electron chi connectivity index (χ2n) is 6.91. The van der Waals surface area contributed by atoms with Gasteiger partial charge in [0.1, 0.15) is 6.26 Å². The molecule has 5 nitrogen and oxygen atoms in total. The van der Waals surface area contributed by atoms with E-state index in [0.717, 1.165) is 25.1 Å². The molecule has 0 aliphatic carbocycles. The molecule has 2 aromatic rings. The van der Waals surface area contributed by atoms with E-state index in [2.05, 4.69) is 29.1 Å². The Kier molecular flexibility index (Phi) is 5.53. The van der Waals surface area contributed by atoms with Crippen LogP contribution in [-0.4, -0.2) is 35.7 Å². The lowest BCUT2D eigenvalue weighted by atomic mass is 9.74. The lowest BCUT2D eigenvalue weighted by molar-refractivity contribution is -0.159. The first-order valence-corrected chi connectivity index (χ1v) is 8.96. The summed E-state index contributed by atoms with van der Waals surface area (Å²) in [6.07, 6.45) is 4.14. The van der Waals surface area contributed by atoms with Crippen molar-refractivity contribution in [2.45, 2.75) is 39.7 Å². The number of ether oxygens (including phenoxy) is 1. The van der Waals surface area contributed by atoms with Crippen LogP contribution >= 0.6 is 0 Å². The monoisotopic (exact) mass is 342 g/mol. The molecule has 0 N–H and O–H groups in total. The summed E-state index contributed by atoms with van der Waals surface area (Å²) in [5.74, 6) is -0.0805. The maximum Gasteiger partial charge on any atom is 0.313 e. The van der Waals surface area contributed by atoms with Gasteiger partial charge in [-0.05, 0) is 50.8 Å². The smallest absolute Gasteiger partial charge is 0.313 e. The standard InChI is InChI=1S/C20H26N2O3/c1-3-24-19(23)20(13-17-8-5-4-7-16(17)2)10-6-11-22(15-20)14-18-9-12-25-21-18/h4-5,7-9,12H,3,6,10-11,13-15H2,1-2H3/t20-/m0/s1. The maximum absolute atomic E-state index is 12.9. The van der Waals surface area contributed by atoms with E-state index >= 15 is 0 Å². The number of hydrogen-bond acceptors (Lipinski definition) is 5. The predicted molar refractivity (Wildman–Crippen MR) is 95.0 cm³/mol. The molecule has 3 rings (SSSR count). The van der Waals surface area contributed by atoms with Crippen LogP contribution in [-0.2, 0) is 22.5 Å². The van der Waals surface area contributed by atoms with Crippen LogP contribution in [0.3, 0.4) is 0 Å². The Labute approximate surface area is 148 Å². The average Bonchev–Trinajstić information content (AvgIpc) is 3.10. The van der Waals surface area contributed by atoms with Gasteiger partial charge in [-0.15, -0.1) is 0 Å². The molecule has 25 heavy (non-hydrogen) atoms. The molecule has 0 saturated carbocycles. The van der Waals surface area contributed by atoms with Gasteiger partial charge >= 0.3 is 5.97 Å². The Morgan fingerprint density at radius 2 is 2.20 bits per heavy atom. The van der Waals surface area contributed by atoms with E-state index in [4.69, 9.17) is 9.26 Å².